The number of hydrogen-bond acceptors (Lipinski definition) is 3. The van der Waals surface area contributed by atoms with Gasteiger partial charge in [-0.2, -0.15) is 0 Å². The van der Waals surface area contributed by atoms with Crippen molar-refractivity contribution < 1.29 is 9.59 Å². The van der Waals surface area contributed by atoms with Gasteiger partial charge in [0, 0.05) is 19.6 Å². The van der Waals surface area contributed by atoms with Crippen molar-refractivity contribution in [1.29, 1.82) is 0 Å². The lowest BCUT2D eigenvalue weighted by Crippen LogP contribution is -2.55. The Labute approximate surface area is 131 Å². The lowest BCUT2D eigenvalue weighted by atomic mass is 9.79. The third kappa shape index (κ3) is 3.23. The number of guanidine groups is 1. The number of piperidine rings is 1. The number of aliphatic imine (C=N–C) groups is 1. The van der Waals surface area contributed by atoms with E-state index in [2.05, 4.69) is 32.4 Å². The van der Waals surface area contributed by atoms with Gasteiger partial charge in [-0.25, -0.2) is 9.79 Å². The van der Waals surface area contributed by atoms with E-state index < -0.39 is 11.6 Å². The Balaban J connectivity index is 1.99. The van der Waals surface area contributed by atoms with Crippen molar-refractivity contribution in [2.45, 2.75) is 32.2 Å². The lowest BCUT2D eigenvalue weighted by molar-refractivity contribution is -0.125. The molecule has 0 spiro atoms. The zero-order valence-corrected chi connectivity index (χ0v) is 13.3. The van der Waals surface area contributed by atoms with Crippen molar-refractivity contribution in [3.05, 3.63) is 12.7 Å². The van der Waals surface area contributed by atoms with E-state index in [1.807, 2.05) is 13.8 Å². The molecule has 2 heterocycles. The van der Waals surface area contributed by atoms with Crippen LogP contribution >= 0.6 is 0 Å². The van der Waals surface area contributed by atoms with Gasteiger partial charge in [-0.15, -0.1) is 6.58 Å². The van der Waals surface area contributed by atoms with E-state index in [4.69, 9.17) is 0 Å². The molecule has 2 aliphatic heterocycles. The van der Waals surface area contributed by atoms with Crippen molar-refractivity contribution in [3.63, 3.8) is 0 Å². The molecule has 3 amide bonds. The minimum absolute atomic E-state index is 0.137. The van der Waals surface area contributed by atoms with Crippen molar-refractivity contribution in [2.24, 2.45) is 10.9 Å². The summed E-state index contributed by atoms with van der Waals surface area (Å²) < 4.78 is 0. The van der Waals surface area contributed by atoms with Crippen LogP contribution in [0.2, 0.25) is 0 Å². The van der Waals surface area contributed by atoms with Crippen LogP contribution in [0.15, 0.2) is 17.6 Å². The number of likely N-dealkylation sites (tertiary alicyclic amines) is 1. The Morgan fingerprint density at radius 3 is 2.68 bits per heavy atom. The van der Waals surface area contributed by atoms with E-state index in [-0.39, 0.29) is 11.8 Å². The van der Waals surface area contributed by atoms with Crippen molar-refractivity contribution in [1.82, 2.24) is 20.9 Å². The molecule has 22 heavy (non-hydrogen) atoms. The summed E-state index contributed by atoms with van der Waals surface area (Å²) in [5.74, 6) is 0.798. The minimum atomic E-state index is -0.792. The predicted octanol–water partition coefficient (Wildman–Crippen LogP) is 0.448. The van der Waals surface area contributed by atoms with Crippen LogP contribution < -0.4 is 16.0 Å². The number of rotatable bonds is 4. The lowest BCUT2D eigenvalue weighted by Gasteiger charge is -2.39. The van der Waals surface area contributed by atoms with Gasteiger partial charge in [0.05, 0.1) is 6.54 Å². The van der Waals surface area contributed by atoms with E-state index in [0.717, 1.165) is 38.4 Å². The van der Waals surface area contributed by atoms with Gasteiger partial charge in [0.15, 0.2) is 5.96 Å². The molecular weight excluding hydrogens is 282 g/mol. The van der Waals surface area contributed by atoms with Gasteiger partial charge in [0.2, 0.25) is 0 Å². The summed E-state index contributed by atoms with van der Waals surface area (Å²) in [7, 11) is 0. The van der Waals surface area contributed by atoms with E-state index in [9.17, 15) is 9.59 Å². The van der Waals surface area contributed by atoms with Crippen LogP contribution in [-0.4, -0.2) is 54.5 Å². The summed E-state index contributed by atoms with van der Waals surface area (Å²) in [4.78, 5) is 30.1. The summed E-state index contributed by atoms with van der Waals surface area (Å²) in [6, 6.07) is -0.393. The second-order valence-corrected chi connectivity index (χ2v) is 5.86. The average molecular weight is 307 g/mol. The van der Waals surface area contributed by atoms with Crippen LogP contribution in [0.25, 0.3) is 0 Å². The summed E-state index contributed by atoms with van der Waals surface area (Å²) >= 11 is 0. The monoisotopic (exact) mass is 307 g/mol. The first-order chi connectivity index (χ1) is 10.5. The Kier molecular flexibility index (Phi) is 5.05. The SMILES string of the molecule is C=CCN=C(NCC)N1CCC(C2(C)NC(=O)NC2=O)CC1. The second kappa shape index (κ2) is 6.81. The highest BCUT2D eigenvalue weighted by Gasteiger charge is 2.48. The van der Waals surface area contributed by atoms with Crippen LogP contribution in [0.1, 0.15) is 26.7 Å². The fourth-order valence-electron chi connectivity index (χ4n) is 3.09. The first-order valence-corrected chi connectivity index (χ1v) is 7.79. The van der Waals surface area contributed by atoms with Crippen LogP contribution in [0.3, 0.4) is 0 Å². The largest absolute Gasteiger partial charge is 0.357 e. The van der Waals surface area contributed by atoms with E-state index in [0.29, 0.717) is 6.54 Å². The van der Waals surface area contributed by atoms with Crippen LogP contribution in [0, 0.1) is 5.92 Å². The number of hydrogen-bond donors (Lipinski definition) is 3. The molecule has 0 aromatic rings. The van der Waals surface area contributed by atoms with E-state index in [1.165, 1.54) is 0 Å². The summed E-state index contributed by atoms with van der Waals surface area (Å²) in [5, 5.41) is 8.39. The van der Waals surface area contributed by atoms with Gasteiger partial charge in [-0.1, -0.05) is 6.08 Å². The quantitative estimate of drug-likeness (QED) is 0.305. The summed E-state index contributed by atoms with van der Waals surface area (Å²) in [5.41, 5.74) is -0.792. The molecule has 0 saturated carbocycles. The molecule has 1 atom stereocenters. The highest BCUT2D eigenvalue weighted by atomic mass is 16.2. The Morgan fingerprint density at radius 2 is 2.18 bits per heavy atom. The Hall–Kier alpha value is -2.05. The number of imide groups is 1. The van der Waals surface area contributed by atoms with E-state index in [1.54, 1.807) is 6.08 Å². The molecule has 0 bridgehead atoms. The van der Waals surface area contributed by atoms with Crippen molar-refractivity contribution >= 4 is 17.9 Å². The topological polar surface area (TPSA) is 85.8 Å². The smallest absolute Gasteiger partial charge is 0.322 e. The van der Waals surface area contributed by atoms with Gasteiger partial charge in [-0.05, 0) is 32.6 Å². The Bertz CT molecular complexity index is 482. The predicted molar refractivity (Wildman–Crippen MR) is 85.6 cm³/mol. The van der Waals surface area contributed by atoms with Gasteiger partial charge in [0.1, 0.15) is 5.54 Å². The molecule has 2 saturated heterocycles. The molecule has 3 N–H and O–H groups in total. The maximum Gasteiger partial charge on any atom is 0.322 e. The maximum absolute atomic E-state index is 12.0. The number of nitrogens with zero attached hydrogens (tertiary/aromatic N) is 2. The van der Waals surface area contributed by atoms with Crippen molar-refractivity contribution in [2.75, 3.05) is 26.2 Å². The molecule has 7 heteroatoms. The number of urea groups is 1. The van der Waals surface area contributed by atoms with E-state index >= 15 is 0 Å². The number of nitrogens with one attached hydrogen (secondary N) is 3. The molecule has 2 rings (SSSR count). The molecular formula is C15H25N5O2. The van der Waals surface area contributed by atoms with Gasteiger partial charge in [-0.3, -0.25) is 10.1 Å². The third-order valence-corrected chi connectivity index (χ3v) is 4.39. The third-order valence-electron chi connectivity index (χ3n) is 4.39. The molecule has 2 fully saturated rings. The summed E-state index contributed by atoms with van der Waals surface area (Å²) in [6.45, 7) is 10.6. The summed E-state index contributed by atoms with van der Waals surface area (Å²) in [6.07, 6.45) is 3.44. The number of carbonyl (C=O) groups is 2. The average Bonchev–Trinajstić information content (AvgIpc) is 2.77. The number of amides is 3. The standard InChI is InChI=1S/C15H25N5O2/c1-4-8-17-13(16-5-2)20-9-6-11(7-10-20)15(3)12(21)18-14(22)19-15/h4,11H,1,5-10H2,2-3H3,(H,16,17)(H2,18,19,21,22). The fraction of sp³-hybridized carbons (Fsp3) is 0.667. The molecule has 0 radical (unpaired) electrons. The minimum Gasteiger partial charge on any atom is -0.357 e. The van der Waals surface area contributed by atoms with Gasteiger partial charge >= 0.3 is 6.03 Å². The second-order valence-electron chi connectivity index (χ2n) is 5.86. The Morgan fingerprint density at radius 1 is 1.50 bits per heavy atom. The molecule has 0 aromatic heterocycles. The fourth-order valence-corrected chi connectivity index (χ4v) is 3.09. The van der Waals surface area contributed by atoms with Gasteiger partial charge in [0.25, 0.3) is 5.91 Å². The zero-order valence-electron chi connectivity index (χ0n) is 13.3. The van der Waals surface area contributed by atoms with Crippen LogP contribution in [0.5, 0.6) is 0 Å². The molecule has 7 nitrogen and oxygen atoms in total. The van der Waals surface area contributed by atoms with Gasteiger partial charge < -0.3 is 15.5 Å². The highest BCUT2D eigenvalue weighted by molar-refractivity contribution is 6.07. The maximum atomic E-state index is 12.0. The molecule has 2 aliphatic rings. The highest BCUT2D eigenvalue weighted by Crippen LogP contribution is 2.30. The molecule has 1 unspecified atom stereocenters. The normalized spacial score (nSPS) is 26.6. The first kappa shape index (κ1) is 16.3. The van der Waals surface area contributed by atoms with Crippen molar-refractivity contribution in [3.8, 4) is 0 Å². The van der Waals surface area contributed by atoms with Crippen LogP contribution in [0.4, 0.5) is 4.79 Å². The van der Waals surface area contributed by atoms with Crippen LogP contribution in [-0.2, 0) is 4.79 Å². The first-order valence-electron chi connectivity index (χ1n) is 7.79. The zero-order chi connectivity index (χ0) is 16.2. The molecule has 0 aromatic carbocycles. The molecule has 122 valence electrons. The molecule has 0 aliphatic carbocycles. The number of carbonyl (C=O) groups excluding carboxylic acids is 2.